The molecule has 0 saturated carbocycles. The number of benzene rings is 1. The Morgan fingerprint density at radius 1 is 1.22 bits per heavy atom. The van der Waals surface area contributed by atoms with Crippen molar-refractivity contribution < 1.29 is 0 Å². The van der Waals surface area contributed by atoms with E-state index >= 15 is 0 Å². The molecule has 1 aliphatic rings. The van der Waals surface area contributed by atoms with Gasteiger partial charge in [-0.25, -0.2) is 0 Å². The molecule has 0 amide bonds. The second-order valence-electron chi connectivity index (χ2n) is 4.56. The van der Waals surface area contributed by atoms with Crippen LogP contribution in [0.2, 0.25) is 0 Å². The van der Waals surface area contributed by atoms with E-state index in [1.807, 2.05) is 35.6 Å². The molecule has 0 unspecified atom stereocenters. The van der Waals surface area contributed by atoms with E-state index in [9.17, 15) is 0 Å². The number of nitrogens with one attached hydrogen (secondary N) is 1. The molecule has 0 saturated heterocycles. The lowest BCUT2D eigenvalue weighted by Crippen LogP contribution is -1.97. The lowest BCUT2D eigenvalue weighted by Gasteiger charge is -2.04. The van der Waals surface area contributed by atoms with Crippen LogP contribution in [-0.4, -0.2) is 0 Å². The van der Waals surface area contributed by atoms with E-state index in [-0.39, 0.29) is 0 Å². The molecule has 0 bridgehead atoms. The summed E-state index contributed by atoms with van der Waals surface area (Å²) in [4.78, 5) is 2.98. The Bertz CT molecular complexity index is 568. The van der Waals surface area contributed by atoms with Crippen molar-refractivity contribution in [3.63, 3.8) is 0 Å². The molecule has 0 atom stereocenters. The minimum absolute atomic E-state index is 0.704. The van der Waals surface area contributed by atoms with Crippen LogP contribution in [0, 0.1) is 11.3 Å². The molecule has 0 aliphatic heterocycles. The third-order valence-electron chi connectivity index (χ3n) is 3.28. The summed E-state index contributed by atoms with van der Waals surface area (Å²) in [6.45, 7) is 0.879. The van der Waals surface area contributed by atoms with Crippen molar-refractivity contribution in [2.75, 3.05) is 5.32 Å². The Kier molecular flexibility index (Phi) is 3.04. The minimum atomic E-state index is 0.704. The van der Waals surface area contributed by atoms with Crippen LogP contribution in [0.15, 0.2) is 30.3 Å². The van der Waals surface area contributed by atoms with E-state index in [1.165, 1.54) is 24.1 Å². The Labute approximate surface area is 111 Å². The standard InChI is InChI=1S/C15H14N2S/c16-9-11-4-6-13(7-5-11)17-10-14-8-12-2-1-3-15(12)18-14/h4-8,17H,1-3,10H2. The first-order valence-electron chi connectivity index (χ1n) is 6.19. The van der Waals surface area contributed by atoms with E-state index in [0.717, 1.165) is 12.2 Å². The summed E-state index contributed by atoms with van der Waals surface area (Å²) in [6.07, 6.45) is 3.84. The number of hydrogen-bond donors (Lipinski definition) is 1. The van der Waals surface area contributed by atoms with Gasteiger partial charge in [0, 0.05) is 22.0 Å². The molecule has 1 aromatic heterocycles. The van der Waals surface area contributed by atoms with Gasteiger partial charge in [-0.15, -0.1) is 11.3 Å². The molecule has 0 spiro atoms. The molecule has 0 radical (unpaired) electrons. The fraction of sp³-hybridized carbons (Fsp3) is 0.267. The van der Waals surface area contributed by atoms with E-state index in [4.69, 9.17) is 5.26 Å². The van der Waals surface area contributed by atoms with Crippen LogP contribution in [0.1, 0.15) is 27.3 Å². The molecule has 2 aromatic rings. The van der Waals surface area contributed by atoms with Crippen molar-refractivity contribution in [2.24, 2.45) is 0 Å². The fourth-order valence-corrected chi connectivity index (χ4v) is 3.53. The van der Waals surface area contributed by atoms with Gasteiger partial charge < -0.3 is 5.32 Å². The second-order valence-corrected chi connectivity index (χ2v) is 5.78. The molecule has 1 aliphatic carbocycles. The van der Waals surface area contributed by atoms with Gasteiger partial charge in [0.15, 0.2) is 0 Å². The van der Waals surface area contributed by atoms with Gasteiger partial charge in [0.25, 0.3) is 0 Å². The highest BCUT2D eigenvalue weighted by atomic mass is 32.1. The zero-order valence-electron chi connectivity index (χ0n) is 10.1. The molecule has 0 fully saturated rings. The predicted octanol–water partition coefficient (Wildman–Crippen LogP) is 3.72. The third-order valence-corrected chi connectivity index (χ3v) is 4.52. The topological polar surface area (TPSA) is 35.8 Å². The normalized spacial score (nSPS) is 13.1. The number of anilines is 1. The maximum atomic E-state index is 8.73. The van der Waals surface area contributed by atoms with Gasteiger partial charge in [0.2, 0.25) is 0 Å². The molecule has 1 N–H and O–H groups in total. The van der Waals surface area contributed by atoms with Crippen LogP contribution in [0.25, 0.3) is 0 Å². The van der Waals surface area contributed by atoms with Gasteiger partial charge in [0.1, 0.15) is 0 Å². The summed E-state index contributed by atoms with van der Waals surface area (Å²) in [5.41, 5.74) is 3.33. The van der Waals surface area contributed by atoms with Crippen LogP contribution in [0.4, 0.5) is 5.69 Å². The van der Waals surface area contributed by atoms with E-state index in [0.29, 0.717) is 5.56 Å². The molecular weight excluding hydrogens is 240 g/mol. The van der Waals surface area contributed by atoms with Gasteiger partial charge in [-0.1, -0.05) is 0 Å². The highest BCUT2D eigenvalue weighted by Crippen LogP contribution is 2.30. The Balaban J connectivity index is 1.64. The lowest BCUT2D eigenvalue weighted by atomic mass is 10.2. The number of nitriles is 1. The summed E-state index contributed by atoms with van der Waals surface area (Å²) in [7, 11) is 0. The average Bonchev–Trinajstić information content (AvgIpc) is 2.97. The average molecular weight is 254 g/mol. The van der Waals surface area contributed by atoms with Gasteiger partial charge >= 0.3 is 0 Å². The number of aryl methyl sites for hydroxylation is 2. The second kappa shape index (κ2) is 4.83. The molecule has 3 heteroatoms. The molecule has 3 rings (SSSR count). The van der Waals surface area contributed by atoms with Crippen LogP contribution in [0.3, 0.4) is 0 Å². The molecule has 1 heterocycles. The minimum Gasteiger partial charge on any atom is -0.380 e. The molecule has 90 valence electrons. The SMILES string of the molecule is N#Cc1ccc(NCc2cc3c(s2)CCC3)cc1. The number of hydrogen-bond acceptors (Lipinski definition) is 3. The van der Waals surface area contributed by atoms with E-state index in [2.05, 4.69) is 17.5 Å². The number of nitrogens with zero attached hydrogens (tertiary/aromatic N) is 1. The first-order chi connectivity index (χ1) is 8.85. The molecule has 18 heavy (non-hydrogen) atoms. The molecular formula is C15H14N2S. The maximum Gasteiger partial charge on any atom is 0.0991 e. The molecule has 1 aromatic carbocycles. The summed E-state index contributed by atoms with van der Waals surface area (Å²) in [5, 5.41) is 12.1. The summed E-state index contributed by atoms with van der Waals surface area (Å²) in [6, 6.07) is 12.1. The van der Waals surface area contributed by atoms with Crippen molar-refractivity contribution in [1.29, 1.82) is 5.26 Å². The van der Waals surface area contributed by atoms with Crippen molar-refractivity contribution in [3.8, 4) is 6.07 Å². The van der Waals surface area contributed by atoms with Gasteiger partial charge in [-0.3, -0.25) is 0 Å². The monoisotopic (exact) mass is 254 g/mol. The quantitative estimate of drug-likeness (QED) is 0.906. The highest BCUT2D eigenvalue weighted by molar-refractivity contribution is 7.12. The Morgan fingerprint density at radius 2 is 2.06 bits per heavy atom. The summed E-state index contributed by atoms with van der Waals surface area (Å²) < 4.78 is 0. The smallest absolute Gasteiger partial charge is 0.0991 e. The Hall–Kier alpha value is -1.79. The number of rotatable bonds is 3. The van der Waals surface area contributed by atoms with Crippen molar-refractivity contribution in [3.05, 3.63) is 51.2 Å². The fourth-order valence-electron chi connectivity index (χ4n) is 2.33. The maximum absolute atomic E-state index is 8.73. The lowest BCUT2D eigenvalue weighted by molar-refractivity contribution is 0.913. The summed E-state index contributed by atoms with van der Waals surface area (Å²) >= 11 is 1.93. The van der Waals surface area contributed by atoms with Crippen LogP contribution < -0.4 is 5.32 Å². The number of thiophene rings is 1. The first-order valence-corrected chi connectivity index (χ1v) is 7.01. The third kappa shape index (κ3) is 2.25. The number of fused-ring (bicyclic) bond motifs is 1. The van der Waals surface area contributed by atoms with Gasteiger partial charge in [-0.05, 0) is 55.2 Å². The largest absolute Gasteiger partial charge is 0.380 e. The Morgan fingerprint density at radius 3 is 2.78 bits per heavy atom. The highest BCUT2D eigenvalue weighted by Gasteiger charge is 2.14. The van der Waals surface area contributed by atoms with Crippen molar-refractivity contribution in [1.82, 2.24) is 0 Å². The zero-order chi connectivity index (χ0) is 12.4. The van der Waals surface area contributed by atoms with Crippen molar-refractivity contribution in [2.45, 2.75) is 25.8 Å². The summed E-state index contributed by atoms with van der Waals surface area (Å²) in [5.74, 6) is 0. The predicted molar refractivity (Wildman–Crippen MR) is 74.8 cm³/mol. The zero-order valence-corrected chi connectivity index (χ0v) is 10.9. The molecule has 2 nitrogen and oxygen atoms in total. The van der Waals surface area contributed by atoms with Gasteiger partial charge in [0.05, 0.1) is 11.6 Å². The van der Waals surface area contributed by atoms with Crippen LogP contribution in [-0.2, 0) is 19.4 Å². The first kappa shape index (κ1) is 11.3. The van der Waals surface area contributed by atoms with Crippen LogP contribution in [0.5, 0.6) is 0 Å². The van der Waals surface area contributed by atoms with E-state index < -0.39 is 0 Å². The van der Waals surface area contributed by atoms with Crippen molar-refractivity contribution >= 4 is 17.0 Å². The van der Waals surface area contributed by atoms with Gasteiger partial charge in [-0.2, -0.15) is 5.26 Å². The van der Waals surface area contributed by atoms with Crippen LogP contribution >= 0.6 is 11.3 Å². The van der Waals surface area contributed by atoms with E-state index in [1.54, 1.807) is 10.4 Å².